The molecule has 2 amide bonds. The van der Waals surface area contributed by atoms with Gasteiger partial charge in [0.2, 0.25) is 11.7 Å². The fourth-order valence-electron chi connectivity index (χ4n) is 8.44. The van der Waals surface area contributed by atoms with E-state index in [0.29, 0.717) is 44.3 Å². The second-order valence-electron chi connectivity index (χ2n) is 17.3. The number of hydrogen-bond donors (Lipinski definition) is 2. The molecule has 0 aliphatic carbocycles. The molecule has 2 aromatic heterocycles. The fraction of sp³-hybridized carbons (Fsp3) is 0.609. The van der Waals surface area contributed by atoms with Crippen LogP contribution >= 0.6 is 11.6 Å². The molecular formula is C46H64ClF3N8O8. The topological polar surface area (TPSA) is 171 Å². The highest BCUT2D eigenvalue weighted by molar-refractivity contribution is 6.33. The van der Waals surface area contributed by atoms with Crippen LogP contribution in [0.1, 0.15) is 117 Å². The number of amides is 2. The summed E-state index contributed by atoms with van der Waals surface area (Å²) in [5, 5.41) is 10.1. The molecule has 0 bridgehead atoms. The number of likely N-dealkylation sites (N-methyl/N-ethyl adjacent to an activating group) is 1. The zero-order valence-electron chi connectivity index (χ0n) is 39.6. The Hall–Kier alpha value is -4.82. The number of alkyl halides is 3. The minimum absolute atomic E-state index is 0.0161. The Balaban J connectivity index is 0.000000358. The number of carbonyl (C=O) groups is 3. The molecule has 364 valence electrons. The van der Waals surface area contributed by atoms with Gasteiger partial charge >= 0.3 is 12.3 Å². The first-order valence-electron chi connectivity index (χ1n) is 22.6. The van der Waals surface area contributed by atoms with Gasteiger partial charge in [0.1, 0.15) is 17.7 Å². The molecule has 2 N–H and O–H groups in total. The summed E-state index contributed by atoms with van der Waals surface area (Å²) >= 11 is 6.08. The first kappa shape index (κ1) is 52.2. The largest absolute Gasteiger partial charge is 0.444 e. The third kappa shape index (κ3) is 11.8. The minimum atomic E-state index is -4.60. The van der Waals surface area contributed by atoms with E-state index in [9.17, 15) is 32.3 Å². The number of ether oxygens (including phenoxy) is 4. The summed E-state index contributed by atoms with van der Waals surface area (Å²) in [5.41, 5.74) is 0.998. The second kappa shape index (κ2) is 21.9. The predicted molar refractivity (Wildman–Crippen MR) is 244 cm³/mol. The fourth-order valence-corrected chi connectivity index (χ4v) is 8.67. The number of carbonyl (C=O) groups excluding carboxylic acids is 3. The van der Waals surface area contributed by atoms with E-state index in [0.717, 1.165) is 72.0 Å². The van der Waals surface area contributed by atoms with E-state index >= 15 is 0 Å². The van der Waals surface area contributed by atoms with Crippen LogP contribution in [-0.4, -0.2) is 117 Å². The van der Waals surface area contributed by atoms with Crippen LogP contribution in [-0.2, 0) is 47.9 Å². The zero-order chi connectivity index (χ0) is 48.7. The lowest BCUT2D eigenvalue weighted by Gasteiger charge is -2.34. The van der Waals surface area contributed by atoms with Crippen LogP contribution in [0.25, 0.3) is 11.4 Å². The molecule has 20 heteroatoms. The van der Waals surface area contributed by atoms with E-state index in [-0.39, 0.29) is 53.0 Å². The molecule has 4 aliphatic heterocycles. The molecule has 2 unspecified atom stereocenters. The average molecular weight is 950 g/mol. The molecule has 1 aromatic carbocycles. The Bertz CT molecular complexity index is 2370. The summed E-state index contributed by atoms with van der Waals surface area (Å²) in [4.78, 5) is 60.5. The summed E-state index contributed by atoms with van der Waals surface area (Å²) in [7, 11) is 2.03. The van der Waals surface area contributed by atoms with Crippen LogP contribution in [0, 0.1) is 0 Å². The van der Waals surface area contributed by atoms with Crippen LogP contribution in [0.2, 0.25) is 5.02 Å². The van der Waals surface area contributed by atoms with Gasteiger partial charge < -0.3 is 43.9 Å². The van der Waals surface area contributed by atoms with Crippen molar-refractivity contribution in [1.82, 2.24) is 34.3 Å². The number of Topliss-reactive ketones (excluding diaryl/α,β-unsaturated/α-hetero) is 1. The summed E-state index contributed by atoms with van der Waals surface area (Å²) < 4.78 is 65.1. The first-order chi connectivity index (χ1) is 31.2. The van der Waals surface area contributed by atoms with E-state index < -0.39 is 47.0 Å². The Labute approximate surface area is 388 Å². The Morgan fingerprint density at radius 1 is 1.11 bits per heavy atom. The molecule has 7 rings (SSSR count). The Kier molecular flexibility index (Phi) is 17.3. The van der Waals surface area contributed by atoms with Gasteiger partial charge in [-0.3, -0.25) is 14.4 Å². The molecule has 1 saturated heterocycles. The molecule has 4 aliphatic rings. The van der Waals surface area contributed by atoms with E-state index in [1.54, 1.807) is 32.6 Å². The summed E-state index contributed by atoms with van der Waals surface area (Å²) in [5.74, 6) is -0.0687. The molecule has 3 aromatic rings. The number of aromatic nitrogens is 4. The lowest BCUT2D eigenvalue weighted by Crippen LogP contribution is -2.44. The lowest BCUT2D eigenvalue weighted by molar-refractivity contribution is -0.137. The zero-order valence-corrected chi connectivity index (χ0v) is 40.4. The van der Waals surface area contributed by atoms with Gasteiger partial charge in [-0.2, -0.15) is 22.7 Å². The molecular weight excluding hydrogens is 885 g/mol. The SMILES string of the molecule is CC.CCN(C(=O)OC(C)(C)C)C(C)CC1OCc2c1c(=O)n1nc(C3=CCOCC3)nc1n2CC(=O)Nc1ccc(C(F)(F)F)cc1Cl.CCN(C)C1=C(C(C)=O)C2(CCNCC2)OC1. The van der Waals surface area contributed by atoms with Crippen LogP contribution < -0.4 is 16.2 Å². The summed E-state index contributed by atoms with van der Waals surface area (Å²) in [6, 6.07) is 2.24. The number of rotatable bonds is 11. The maximum Gasteiger partial charge on any atom is 0.416 e. The molecule has 0 radical (unpaired) electrons. The Morgan fingerprint density at radius 2 is 1.80 bits per heavy atom. The van der Waals surface area contributed by atoms with E-state index in [2.05, 4.69) is 32.5 Å². The van der Waals surface area contributed by atoms with Crippen molar-refractivity contribution < 1.29 is 46.5 Å². The van der Waals surface area contributed by atoms with Crippen LogP contribution in [0.5, 0.6) is 0 Å². The lowest BCUT2D eigenvalue weighted by atomic mass is 9.83. The highest BCUT2D eigenvalue weighted by Gasteiger charge is 2.46. The highest BCUT2D eigenvalue weighted by Crippen LogP contribution is 2.40. The monoisotopic (exact) mass is 948 g/mol. The summed E-state index contributed by atoms with van der Waals surface area (Å²) in [6.45, 7) is 20.8. The van der Waals surface area contributed by atoms with Gasteiger partial charge in [0.05, 0.1) is 60.1 Å². The standard InChI is InChI=1S/C31H36ClF3N6O6.C13H22N2O2.C2H6/c1-6-39(29(44)47-30(3,4)5)17(2)13-23-25-22(16-46-23)40(15-24(42)36-21-8-7-19(14-20(21)32)31(33,34)35)28-37-26(38-41(28)27(25)43)18-9-11-45-12-10-18;1-4-15(3)11-9-17-13(12(11)10(2)16)5-7-14-8-6-13;1-2/h7-9,14,17,23H,6,10-13,15-16H2,1-5H3,(H,36,42);14H,4-9H2,1-3H3;1-2H3. The van der Waals surface area contributed by atoms with Crippen LogP contribution in [0.4, 0.5) is 23.7 Å². The van der Waals surface area contributed by atoms with Gasteiger partial charge in [-0.05, 0) is 111 Å². The van der Waals surface area contributed by atoms with Crippen molar-refractivity contribution in [2.45, 2.75) is 131 Å². The average Bonchev–Trinajstić information content (AvgIpc) is 4.00. The number of halogens is 4. The number of benzene rings is 1. The normalized spacial score (nSPS) is 18.4. The van der Waals surface area contributed by atoms with Gasteiger partial charge in [-0.1, -0.05) is 31.5 Å². The second-order valence-corrected chi connectivity index (χ2v) is 17.7. The molecule has 16 nitrogen and oxygen atoms in total. The maximum absolute atomic E-state index is 14.0. The number of anilines is 1. The van der Waals surface area contributed by atoms with Gasteiger partial charge in [-0.25, -0.2) is 4.79 Å². The number of piperidine rings is 1. The minimum Gasteiger partial charge on any atom is -0.444 e. The maximum atomic E-state index is 14.0. The van der Waals surface area contributed by atoms with Crippen molar-refractivity contribution >= 4 is 46.4 Å². The molecule has 6 heterocycles. The van der Waals surface area contributed by atoms with E-state index in [1.165, 1.54) is 4.57 Å². The predicted octanol–water partition coefficient (Wildman–Crippen LogP) is 7.57. The van der Waals surface area contributed by atoms with E-state index in [4.69, 9.17) is 30.5 Å². The van der Waals surface area contributed by atoms with Crippen molar-refractivity contribution in [2.24, 2.45) is 0 Å². The summed E-state index contributed by atoms with van der Waals surface area (Å²) in [6.07, 6.45) is -1.44. The van der Waals surface area contributed by atoms with Crippen molar-refractivity contribution in [2.75, 3.05) is 58.4 Å². The van der Waals surface area contributed by atoms with Crippen molar-refractivity contribution in [1.29, 1.82) is 0 Å². The third-order valence-electron chi connectivity index (χ3n) is 11.7. The number of ketones is 1. The first-order valence-corrected chi connectivity index (χ1v) is 22.9. The van der Waals surface area contributed by atoms with E-state index in [1.807, 2.05) is 40.8 Å². The third-order valence-corrected chi connectivity index (χ3v) is 12.1. The number of fused-ring (bicyclic) bond motifs is 2. The van der Waals surface area contributed by atoms with Crippen molar-refractivity contribution in [3.8, 4) is 0 Å². The Morgan fingerprint density at radius 3 is 2.38 bits per heavy atom. The van der Waals surface area contributed by atoms with Crippen molar-refractivity contribution in [3.05, 3.63) is 73.6 Å². The molecule has 1 fully saturated rings. The van der Waals surface area contributed by atoms with Crippen molar-refractivity contribution in [3.63, 3.8) is 0 Å². The van der Waals surface area contributed by atoms with Gasteiger partial charge in [0.15, 0.2) is 11.6 Å². The van der Waals surface area contributed by atoms with Gasteiger partial charge in [0.25, 0.3) is 5.56 Å². The molecule has 2 atom stereocenters. The van der Waals surface area contributed by atoms with Crippen LogP contribution in [0.3, 0.4) is 0 Å². The highest BCUT2D eigenvalue weighted by atomic mass is 35.5. The van der Waals surface area contributed by atoms with Gasteiger partial charge in [-0.15, -0.1) is 5.10 Å². The number of nitrogens with zero attached hydrogens (tertiary/aromatic N) is 6. The van der Waals surface area contributed by atoms with Gasteiger partial charge in [0, 0.05) is 37.4 Å². The quantitative estimate of drug-likeness (QED) is 0.194. The number of hydrogen-bond acceptors (Lipinski definition) is 12. The molecule has 66 heavy (non-hydrogen) atoms. The smallest absolute Gasteiger partial charge is 0.416 e. The molecule has 1 spiro atoms. The molecule has 0 saturated carbocycles. The van der Waals surface area contributed by atoms with Crippen LogP contribution in [0.15, 0.2) is 40.3 Å². The number of nitrogens with one attached hydrogen (secondary N) is 2.